The summed E-state index contributed by atoms with van der Waals surface area (Å²) in [5, 5.41) is 2.62. The lowest BCUT2D eigenvalue weighted by molar-refractivity contribution is -0.0435. The van der Waals surface area contributed by atoms with Crippen LogP contribution in [-0.2, 0) is 9.84 Å². The van der Waals surface area contributed by atoms with Gasteiger partial charge in [0.1, 0.15) is 10.7 Å². The van der Waals surface area contributed by atoms with Crippen LogP contribution in [0, 0.1) is 5.82 Å². The standard InChI is InChI=1S/C13H18F4N2O2S/c1-9(2)19(3)7-6-18-11-5-4-10(14)8-12(11)22(20,21)13(15,16)17/h4-5,8-9,18H,6-7H2,1-3H3. The quantitative estimate of drug-likeness (QED) is 0.808. The van der Waals surface area contributed by atoms with Crippen LogP contribution in [0.1, 0.15) is 13.8 Å². The Hall–Kier alpha value is -1.35. The number of likely N-dealkylation sites (N-methyl/N-ethyl adjacent to an activating group) is 1. The molecule has 4 nitrogen and oxygen atoms in total. The third-order valence-electron chi connectivity index (χ3n) is 3.20. The molecule has 1 aromatic carbocycles. The van der Waals surface area contributed by atoms with Crippen molar-refractivity contribution in [3.05, 3.63) is 24.0 Å². The second kappa shape index (κ2) is 6.82. The van der Waals surface area contributed by atoms with Crippen molar-refractivity contribution >= 4 is 15.5 Å². The first-order chi connectivity index (χ1) is 9.96. The molecule has 0 aliphatic carbocycles. The van der Waals surface area contributed by atoms with Crippen molar-refractivity contribution in [1.29, 1.82) is 0 Å². The molecule has 0 radical (unpaired) electrons. The molecule has 1 N–H and O–H groups in total. The van der Waals surface area contributed by atoms with E-state index in [0.717, 1.165) is 12.1 Å². The number of halogens is 4. The Kier molecular flexibility index (Phi) is 5.80. The molecule has 0 heterocycles. The summed E-state index contributed by atoms with van der Waals surface area (Å²) in [4.78, 5) is 0.821. The molecule has 0 saturated heterocycles. The lowest BCUT2D eigenvalue weighted by Crippen LogP contribution is -2.31. The maximum Gasteiger partial charge on any atom is 0.501 e. The normalized spacial score (nSPS) is 13.0. The Bertz CT molecular complexity index is 615. The summed E-state index contributed by atoms with van der Waals surface area (Å²) >= 11 is 0. The van der Waals surface area contributed by atoms with Crippen LogP contribution >= 0.6 is 0 Å². The van der Waals surface area contributed by atoms with Gasteiger partial charge in [0.15, 0.2) is 0 Å². The molecule has 126 valence electrons. The molecule has 0 bridgehead atoms. The number of nitrogens with zero attached hydrogens (tertiary/aromatic N) is 1. The van der Waals surface area contributed by atoms with E-state index in [1.807, 2.05) is 25.8 Å². The highest BCUT2D eigenvalue weighted by Gasteiger charge is 2.48. The Balaban J connectivity index is 3.03. The van der Waals surface area contributed by atoms with Crippen molar-refractivity contribution in [2.75, 3.05) is 25.5 Å². The molecule has 0 aliphatic rings. The van der Waals surface area contributed by atoms with Gasteiger partial charge >= 0.3 is 5.51 Å². The molecular formula is C13H18F4N2O2S. The van der Waals surface area contributed by atoms with E-state index in [0.29, 0.717) is 12.6 Å². The summed E-state index contributed by atoms with van der Waals surface area (Å²) in [6.07, 6.45) is 0. The van der Waals surface area contributed by atoms with Gasteiger partial charge in [-0.15, -0.1) is 0 Å². The summed E-state index contributed by atoms with van der Waals surface area (Å²) in [7, 11) is -3.79. The summed E-state index contributed by atoms with van der Waals surface area (Å²) in [6.45, 7) is 4.59. The van der Waals surface area contributed by atoms with E-state index < -0.39 is 26.1 Å². The third kappa shape index (κ3) is 4.33. The van der Waals surface area contributed by atoms with Crippen molar-refractivity contribution < 1.29 is 26.0 Å². The molecule has 1 aromatic rings. The van der Waals surface area contributed by atoms with E-state index in [2.05, 4.69) is 5.32 Å². The number of anilines is 1. The summed E-state index contributed by atoms with van der Waals surface area (Å²) < 4.78 is 74.1. The molecule has 0 saturated carbocycles. The molecule has 0 aromatic heterocycles. The highest BCUT2D eigenvalue weighted by Crippen LogP contribution is 2.34. The number of rotatable bonds is 6. The zero-order chi connectivity index (χ0) is 17.1. The first kappa shape index (κ1) is 18.7. The molecule has 1 rings (SSSR count). The number of nitrogens with one attached hydrogen (secondary N) is 1. The third-order valence-corrected chi connectivity index (χ3v) is 4.73. The minimum atomic E-state index is -5.61. The average molecular weight is 342 g/mol. The monoisotopic (exact) mass is 342 g/mol. The van der Waals surface area contributed by atoms with Gasteiger partial charge in [0.2, 0.25) is 0 Å². The number of sulfone groups is 1. The second-order valence-electron chi connectivity index (χ2n) is 5.09. The van der Waals surface area contributed by atoms with E-state index >= 15 is 0 Å². The summed E-state index contributed by atoms with van der Waals surface area (Å²) in [5.74, 6) is -1.05. The Morgan fingerprint density at radius 3 is 2.36 bits per heavy atom. The maximum absolute atomic E-state index is 13.2. The predicted octanol–water partition coefficient (Wildman–Crippen LogP) is 2.87. The maximum atomic E-state index is 13.2. The fourth-order valence-electron chi connectivity index (χ4n) is 1.61. The molecule has 0 spiro atoms. The van der Waals surface area contributed by atoms with Gasteiger partial charge in [-0.25, -0.2) is 12.8 Å². The first-order valence-corrected chi connectivity index (χ1v) is 8.00. The van der Waals surface area contributed by atoms with Crippen molar-refractivity contribution in [2.24, 2.45) is 0 Å². The lowest BCUT2D eigenvalue weighted by atomic mass is 10.3. The van der Waals surface area contributed by atoms with Crippen LogP contribution in [0.15, 0.2) is 23.1 Å². The van der Waals surface area contributed by atoms with Crippen molar-refractivity contribution in [3.8, 4) is 0 Å². The molecule has 9 heteroatoms. The van der Waals surface area contributed by atoms with Gasteiger partial charge in [0.25, 0.3) is 9.84 Å². The SMILES string of the molecule is CC(C)N(C)CCNc1ccc(F)cc1S(=O)(=O)C(F)(F)F. The van der Waals surface area contributed by atoms with Crippen LogP contribution in [0.2, 0.25) is 0 Å². The molecular weight excluding hydrogens is 324 g/mol. The number of hydrogen-bond acceptors (Lipinski definition) is 4. The molecule has 22 heavy (non-hydrogen) atoms. The smallest absolute Gasteiger partial charge is 0.383 e. The van der Waals surface area contributed by atoms with Crippen molar-refractivity contribution in [1.82, 2.24) is 4.90 Å². The Labute approximate surface area is 127 Å². The van der Waals surface area contributed by atoms with E-state index in [-0.39, 0.29) is 18.3 Å². The molecule has 0 aliphatic heterocycles. The van der Waals surface area contributed by atoms with Crippen LogP contribution in [0.3, 0.4) is 0 Å². The minimum absolute atomic E-state index is 0.223. The van der Waals surface area contributed by atoms with Gasteiger partial charge in [0, 0.05) is 19.1 Å². The van der Waals surface area contributed by atoms with E-state index in [4.69, 9.17) is 0 Å². The minimum Gasteiger partial charge on any atom is -0.383 e. The molecule has 0 amide bonds. The number of benzene rings is 1. The first-order valence-electron chi connectivity index (χ1n) is 6.52. The number of alkyl halides is 3. The van der Waals surface area contributed by atoms with Crippen LogP contribution in [0.25, 0.3) is 0 Å². The topological polar surface area (TPSA) is 49.4 Å². The molecule has 0 fully saturated rings. The van der Waals surface area contributed by atoms with Gasteiger partial charge in [-0.3, -0.25) is 0 Å². The van der Waals surface area contributed by atoms with Crippen molar-refractivity contribution in [2.45, 2.75) is 30.3 Å². The fraction of sp³-hybridized carbons (Fsp3) is 0.538. The average Bonchev–Trinajstić information content (AvgIpc) is 2.38. The highest BCUT2D eigenvalue weighted by atomic mass is 32.2. The summed E-state index contributed by atoms with van der Waals surface area (Å²) in [6, 6.07) is 2.50. The van der Waals surface area contributed by atoms with Gasteiger partial charge in [-0.05, 0) is 39.1 Å². The van der Waals surface area contributed by atoms with Gasteiger partial charge in [0.05, 0.1) is 5.69 Å². The fourth-order valence-corrected chi connectivity index (χ4v) is 2.56. The second-order valence-corrected chi connectivity index (χ2v) is 7.00. The zero-order valence-electron chi connectivity index (χ0n) is 12.4. The van der Waals surface area contributed by atoms with Gasteiger partial charge < -0.3 is 10.2 Å². The van der Waals surface area contributed by atoms with E-state index in [1.54, 1.807) is 0 Å². The van der Waals surface area contributed by atoms with Crippen LogP contribution in [0.5, 0.6) is 0 Å². The van der Waals surface area contributed by atoms with E-state index in [9.17, 15) is 26.0 Å². The highest BCUT2D eigenvalue weighted by molar-refractivity contribution is 7.92. The van der Waals surface area contributed by atoms with Crippen molar-refractivity contribution in [3.63, 3.8) is 0 Å². The predicted molar refractivity (Wildman–Crippen MR) is 75.9 cm³/mol. The van der Waals surface area contributed by atoms with Gasteiger partial charge in [-0.2, -0.15) is 13.2 Å². The molecule has 0 atom stereocenters. The Morgan fingerprint density at radius 2 is 1.86 bits per heavy atom. The molecule has 0 unspecified atom stereocenters. The van der Waals surface area contributed by atoms with Crippen LogP contribution in [-0.4, -0.2) is 45.0 Å². The van der Waals surface area contributed by atoms with Crippen LogP contribution in [0.4, 0.5) is 23.2 Å². The largest absolute Gasteiger partial charge is 0.501 e. The van der Waals surface area contributed by atoms with E-state index in [1.165, 1.54) is 0 Å². The van der Waals surface area contributed by atoms with Crippen LogP contribution < -0.4 is 5.32 Å². The lowest BCUT2D eigenvalue weighted by Gasteiger charge is -2.22. The number of hydrogen-bond donors (Lipinski definition) is 1. The summed E-state index contributed by atoms with van der Waals surface area (Å²) in [5.41, 5.74) is -5.75. The Morgan fingerprint density at radius 1 is 1.27 bits per heavy atom. The zero-order valence-corrected chi connectivity index (χ0v) is 13.2. The van der Waals surface area contributed by atoms with Gasteiger partial charge in [-0.1, -0.05) is 0 Å².